The number of benzene rings is 2. The number of likely N-dealkylation sites (tertiary alicyclic amines) is 1. The first-order valence-electron chi connectivity index (χ1n) is 9.28. The number of hydrogen-bond acceptors (Lipinski definition) is 2. The second-order valence-electron chi connectivity index (χ2n) is 7.27. The monoisotopic (exact) mass is 334 g/mol. The van der Waals surface area contributed by atoms with Gasteiger partial charge in [-0.3, -0.25) is 4.90 Å². The van der Waals surface area contributed by atoms with Crippen molar-refractivity contribution in [3.63, 3.8) is 0 Å². The maximum atomic E-state index is 10.6. The highest BCUT2D eigenvalue weighted by molar-refractivity contribution is 5.79. The predicted octanol–water partition coefficient (Wildman–Crippen LogP) is 3.98. The third-order valence-electron chi connectivity index (χ3n) is 5.49. The molecule has 0 unspecified atom stereocenters. The molecule has 0 spiro atoms. The van der Waals surface area contributed by atoms with E-state index in [0.717, 1.165) is 38.9 Å². The van der Waals surface area contributed by atoms with Crippen molar-refractivity contribution in [1.82, 2.24) is 9.88 Å². The average molecular weight is 334 g/mol. The molecule has 3 heteroatoms. The van der Waals surface area contributed by atoms with E-state index in [9.17, 15) is 5.11 Å². The summed E-state index contributed by atoms with van der Waals surface area (Å²) >= 11 is 0. The molecule has 3 aromatic rings. The summed E-state index contributed by atoms with van der Waals surface area (Å²) in [5.74, 6) is 0.420. The van der Waals surface area contributed by atoms with Gasteiger partial charge in [-0.1, -0.05) is 36.4 Å². The van der Waals surface area contributed by atoms with Crippen LogP contribution in [0, 0.1) is 5.92 Å². The van der Waals surface area contributed by atoms with Crippen molar-refractivity contribution in [1.29, 1.82) is 0 Å². The fourth-order valence-electron chi connectivity index (χ4n) is 3.98. The number of aromatic nitrogens is 1. The van der Waals surface area contributed by atoms with Crippen LogP contribution in [0.4, 0.5) is 0 Å². The Balaban J connectivity index is 1.30. The van der Waals surface area contributed by atoms with Crippen LogP contribution in [0.25, 0.3) is 10.9 Å². The van der Waals surface area contributed by atoms with Gasteiger partial charge in [0.1, 0.15) is 0 Å². The van der Waals surface area contributed by atoms with E-state index in [-0.39, 0.29) is 6.10 Å². The fourth-order valence-corrected chi connectivity index (χ4v) is 3.98. The summed E-state index contributed by atoms with van der Waals surface area (Å²) in [6, 6.07) is 19.1. The molecule has 3 nitrogen and oxygen atoms in total. The second kappa shape index (κ2) is 7.42. The zero-order valence-corrected chi connectivity index (χ0v) is 14.6. The van der Waals surface area contributed by atoms with E-state index >= 15 is 0 Å². The van der Waals surface area contributed by atoms with Gasteiger partial charge in [0.05, 0.1) is 6.10 Å². The number of rotatable bonds is 5. The molecule has 0 bridgehead atoms. The van der Waals surface area contributed by atoms with Crippen LogP contribution in [0.15, 0.2) is 60.8 Å². The van der Waals surface area contributed by atoms with Gasteiger partial charge in [-0.15, -0.1) is 0 Å². The Morgan fingerprint density at radius 2 is 1.80 bits per heavy atom. The van der Waals surface area contributed by atoms with E-state index in [2.05, 4.69) is 46.3 Å². The number of aliphatic hydroxyl groups is 1. The number of aliphatic hydroxyl groups excluding tert-OH is 1. The van der Waals surface area contributed by atoms with Crippen LogP contribution >= 0.6 is 0 Å². The van der Waals surface area contributed by atoms with Crippen LogP contribution in [-0.2, 0) is 13.0 Å². The Bertz CT molecular complexity index is 803. The minimum Gasteiger partial charge on any atom is -0.392 e. The lowest BCUT2D eigenvalue weighted by atomic mass is 9.88. The molecule has 1 aromatic heterocycles. The number of nitrogens with one attached hydrogen (secondary N) is 1. The summed E-state index contributed by atoms with van der Waals surface area (Å²) in [4.78, 5) is 5.76. The Morgan fingerprint density at radius 1 is 1.00 bits per heavy atom. The van der Waals surface area contributed by atoms with Gasteiger partial charge in [0.2, 0.25) is 0 Å². The molecule has 0 saturated carbocycles. The van der Waals surface area contributed by atoms with Crippen molar-refractivity contribution in [2.24, 2.45) is 5.92 Å². The maximum Gasteiger partial charge on any atom is 0.0609 e. The molecule has 4 rings (SSSR count). The highest BCUT2D eigenvalue weighted by Crippen LogP contribution is 2.25. The van der Waals surface area contributed by atoms with Gasteiger partial charge in [0.15, 0.2) is 0 Å². The molecule has 2 N–H and O–H groups in total. The van der Waals surface area contributed by atoms with Crippen LogP contribution in [0.5, 0.6) is 0 Å². The topological polar surface area (TPSA) is 39.3 Å². The van der Waals surface area contributed by atoms with Crippen LogP contribution in [0.2, 0.25) is 0 Å². The number of hydrogen-bond donors (Lipinski definition) is 2. The average Bonchev–Trinajstić information content (AvgIpc) is 3.11. The molecule has 1 aliphatic heterocycles. The lowest BCUT2D eigenvalue weighted by Crippen LogP contribution is -2.38. The maximum absolute atomic E-state index is 10.6. The van der Waals surface area contributed by atoms with Crippen LogP contribution in [-0.4, -0.2) is 34.2 Å². The number of H-pyrrole nitrogens is 1. The van der Waals surface area contributed by atoms with E-state index in [1.165, 1.54) is 22.0 Å². The van der Waals surface area contributed by atoms with E-state index in [4.69, 9.17) is 0 Å². The summed E-state index contributed by atoms with van der Waals surface area (Å²) in [6.45, 7) is 3.14. The third-order valence-corrected chi connectivity index (χ3v) is 5.49. The fraction of sp³-hybridized carbons (Fsp3) is 0.364. The molecule has 2 heterocycles. The van der Waals surface area contributed by atoms with Gasteiger partial charge >= 0.3 is 0 Å². The summed E-state index contributed by atoms with van der Waals surface area (Å²) in [5, 5.41) is 11.9. The van der Waals surface area contributed by atoms with E-state index in [0.29, 0.717) is 5.92 Å². The van der Waals surface area contributed by atoms with Crippen LogP contribution in [0.3, 0.4) is 0 Å². The Kier molecular flexibility index (Phi) is 4.86. The molecule has 1 aliphatic rings. The van der Waals surface area contributed by atoms with E-state index < -0.39 is 0 Å². The van der Waals surface area contributed by atoms with Crippen molar-refractivity contribution in [2.75, 3.05) is 13.1 Å². The summed E-state index contributed by atoms with van der Waals surface area (Å²) in [7, 11) is 0. The summed E-state index contributed by atoms with van der Waals surface area (Å²) in [5.41, 5.74) is 3.80. The summed E-state index contributed by atoms with van der Waals surface area (Å²) < 4.78 is 0. The van der Waals surface area contributed by atoms with Crippen molar-refractivity contribution >= 4 is 10.9 Å². The van der Waals surface area contributed by atoms with Gasteiger partial charge in [-0.2, -0.15) is 0 Å². The Hall–Kier alpha value is -2.10. The van der Waals surface area contributed by atoms with Gasteiger partial charge < -0.3 is 10.1 Å². The minimum absolute atomic E-state index is 0.222. The SMILES string of the molecule is O[C@H](Cc1ccccc1)C1CCN(Cc2ccc3[nH]ccc3c2)CC1. The second-order valence-corrected chi connectivity index (χ2v) is 7.27. The van der Waals surface area contributed by atoms with Crippen molar-refractivity contribution in [3.8, 4) is 0 Å². The summed E-state index contributed by atoms with van der Waals surface area (Å²) in [6.07, 6.45) is 4.71. The lowest BCUT2D eigenvalue weighted by molar-refractivity contribution is 0.0576. The zero-order valence-electron chi connectivity index (χ0n) is 14.6. The molecule has 0 amide bonds. The molecule has 0 aliphatic carbocycles. The van der Waals surface area contributed by atoms with Gasteiger partial charge in [0.25, 0.3) is 0 Å². The first kappa shape index (κ1) is 16.4. The van der Waals surface area contributed by atoms with Crippen molar-refractivity contribution in [2.45, 2.75) is 31.9 Å². The van der Waals surface area contributed by atoms with E-state index in [1.54, 1.807) is 0 Å². The molecular weight excluding hydrogens is 308 g/mol. The van der Waals surface area contributed by atoms with Crippen molar-refractivity contribution in [3.05, 3.63) is 71.9 Å². The molecule has 130 valence electrons. The lowest BCUT2D eigenvalue weighted by Gasteiger charge is -2.34. The Morgan fingerprint density at radius 3 is 2.60 bits per heavy atom. The van der Waals surface area contributed by atoms with Gasteiger partial charge in [0, 0.05) is 18.3 Å². The largest absolute Gasteiger partial charge is 0.392 e. The highest BCUT2D eigenvalue weighted by Gasteiger charge is 2.25. The number of piperidine rings is 1. The molecule has 1 saturated heterocycles. The first-order chi connectivity index (χ1) is 12.3. The van der Waals surface area contributed by atoms with Gasteiger partial charge in [-0.05, 0) is 73.0 Å². The third kappa shape index (κ3) is 3.94. The predicted molar refractivity (Wildman–Crippen MR) is 102 cm³/mol. The van der Waals surface area contributed by atoms with Gasteiger partial charge in [-0.25, -0.2) is 0 Å². The molecular formula is C22H26N2O. The van der Waals surface area contributed by atoms with Crippen LogP contribution < -0.4 is 0 Å². The quantitative estimate of drug-likeness (QED) is 0.741. The highest BCUT2D eigenvalue weighted by atomic mass is 16.3. The van der Waals surface area contributed by atoms with Crippen LogP contribution in [0.1, 0.15) is 24.0 Å². The molecule has 1 fully saturated rings. The zero-order chi connectivity index (χ0) is 17.1. The number of nitrogens with zero attached hydrogens (tertiary/aromatic N) is 1. The molecule has 25 heavy (non-hydrogen) atoms. The Labute approximate surface area is 149 Å². The molecule has 2 aromatic carbocycles. The number of fused-ring (bicyclic) bond motifs is 1. The smallest absolute Gasteiger partial charge is 0.0609 e. The standard InChI is InChI=1S/C22H26N2O/c25-22(15-17-4-2-1-3-5-17)19-9-12-24(13-10-19)16-18-6-7-21-20(14-18)8-11-23-21/h1-8,11,14,19,22-23,25H,9-10,12-13,15-16H2/t22-/m1/s1. The number of aromatic amines is 1. The first-order valence-corrected chi connectivity index (χ1v) is 9.28. The normalized spacial score (nSPS) is 17.8. The van der Waals surface area contributed by atoms with E-state index in [1.807, 2.05) is 24.4 Å². The van der Waals surface area contributed by atoms with Crippen molar-refractivity contribution < 1.29 is 5.11 Å². The molecule has 1 atom stereocenters. The minimum atomic E-state index is -0.222. The molecule has 0 radical (unpaired) electrons.